The number of ether oxygens (including phenoxy) is 1. The summed E-state index contributed by atoms with van der Waals surface area (Å²) in [5, 5.41) is 1.60. The summed E-state index contributed by atoms with van der Waals surface area (Å²) < 4.78 is 7.34. The smallest absolute Gasteiger partial charge is 0.262 e. The average molecular weight is 395 g/mol. The van der Waals surface area contributed by atoms with E-state index in [4.69, 9.17) is 16.3 Å². The van der Waals surface area contributed by atoms with Crippen LogP contribution in [0.25, 0.3) is 10.9 Å². The van der Waals surface area contributed by atoms with Gasteiger partial charge in [-0.1, -0.05) is 44.1 Å². The number of ketones is 1. The highest BCUT2D eigenvalue weighted by Gasteiger charge is 2.24. The van der Waals surface area contributed by atoms with Gasteiger partial charge in [-0.15, -0.1) is 0 Å². The molecule has 2 aromatic rings. The van der Waals surface area contributed by atoms with E-state index in [0.29, 0.717) is 27.6 Å². The minimum absolute atomic E-state index is 0.0110. The van der Waals surface area contributed by atoms with Gasteiger partial charge in [0.25, 0.3) is 5.56 Å². The molecule has 0 N–H and O–H groups in total. The lowest BCUT2D eigenvalue weighted by atomic mass is 9.92. The maximum Gasteiger partial charge on any atom is 0.262 e. The van der Waals surface area contributed by atoms with Crippen molar-refractivity contribution in [2.24, 2.45) is 5.41 Å². The first-order valence-corrected chi connectivity index (χ1v) is 10.1. The van der Waals surface area contributed by atoms with Crippen LogP contribution in [0.4, 0.5) is 0 Å². The maximum absolute atomic E-state index is 13.0. The first-order chi connectivity index (χ1) is 12.3. The van der Waals surface area contributed by atoms with Crippen molar-refractivity contribution in [3.63, 3.8) is 0 Å². The summed E-state index contributed by atoms with van der Waals surface area (Å²) in [6, 6.07) is 5.08. The second kappa shape index (κ2) is 7.71. The summed E-state index contributed by atoms with van der Waals surface area (Å²) in [6.45, 7) is 6.85. The third kappa shape index (κ3) is 4.30. The van der Waals surface area contributed by atoms with Crippen LogP contribution in [-0.4, -0.2) is 33.8 Å². The highest BCUT2D eigenvalue weighted by Crippen LogP contribution is 2.25. The quantitative estimate of drug-likeness (QED) is 0.567. The Hall–Kier alpha value is -1.37. The molecule has 0 amide bonds. The van der Waals surface area contributed by atoms with Crippen molar-refractivity contribution < 1.29 is 9.53 Å². The number of rotatable bonds is 5. The molecule has 1 unspecified atom stereocenters. The molecule has 0 aliphatic carbocycles. The van der Waals surface area contributed by atoms with Crippen molar-refractivity contribution in [2.45, 2.75) is 51.4 Å². The minimum atomic E-state index is -0.424. The molecule has 1 aromatic heterocycles. The van der Waals surface area contributed by atoms with Gasteiger partial charge in [0.1, 0.15) is 5.78 Å². The van der Waals surface area contributed by atoms with Gasteiger partial charge in [-0.05, 0) is 31.0 Å². The third-order valence-corrected chi connectivity index (χ3v) is 5.67. The van der Waals surface area contributed by atoms with Gasteiger partial charge in [-0.2, -0.15) is 0 Å². The molecule has 0 radical (unpaired) electrons. The van der Waals surface area contributed by atoms with Gasteiger partial charge >= 0.3 is 0 Å². The molecule has 1 fully saturated rings. The van der Waals surface area contributed by atoms with Gasteiger partial charge in [0.05, 0.1) is 29.3 Å². The molecule has 1 aliphatic heterocycles. The lowest BCUT2D eigenvalue weighted by Gasteiger charge is -2.18. The van der Waals surface area contributed by atoms with E-state index in [1.54, 1.807) is 22.8 Å². The fourth-order valence-corrected chi connectivity index (χ4v) is 4.12. The summed E-state index contributed by atoms with van der Waals surface area (Å²) in [6.07, 6.45) is 1.94. The van der Waals surface area contributed by atoms with E-state index in [-0.39, 0.29) is 23.2 Å². The molecule has 5 nitrogen and oxygen atoms in total. The predicted molar refractivity (Wildman–Crippen MR) is 105 cm³/mol. The van der Waals surface area contributed by atoms with Crippen LogP contribution in [0.15, 0.2) is 28.2 Å². The third-order valence-electron chi connectivity index (χ3n) is 4.46. The molecule has 7 heteroatoms. The highest BCUT2D eigenvalue weighted by molar-refractivity contribution is 7.99. The summed E-state index contributed by atoms with van der Waals surface area (Å²) in [5.41, 5.74) is 0.0111. The molecule has 140 valence electrons. The lowest BCUT2D eigenvalue weighted by molar-refractivity contribution is -0.123. The van der Waals surface area contributed by atoms with E-state index < -0.39 is 5.41 Å². The molecule has 3 rings (SSSR count). The molecule has 1 aromatic carbocycles. The number of thioether (sulfide) groups is 1. The number of hydrogen-bond donors (Lipinski definition) is 0. The molecular weight excluding hydrogens is 372 g/mol. The SMILES string of the molecule is CC(C)(C)C(=O)CSc1nc2cc(Cl)ccc2c(=O)n1CC1CCCO1. The highest BCUT2D eigenvalue weighted by atomic mass is 35.5. The monoisotopic (exact) mass is 394 g/mol. The maximum atomic E-state index is 13.0. The number of benzene rings is 1. The Morgan fingerprint density at radius 1 is 1.42 bits per heavy atom. The average Bonchev–Trinajstić information content (AvgIpc) is 3.07. The zero-order chi connectivity index (χ0) is 18.9. The summed E-state index contributed by atoms with van der Waals surface area (Å²) in [7, 11) is 0. The molecule has 0 bridgehead atoms. The molecule has 1 saturated heterocycles. The molecule has 0 spiro atoms. The molecule has 1 atom stereocenters. The molecule has 0 saturated carbocycles. The summed E-state index contributed by atoms with van der Waals surface area (Å²) >= 11 is 7.36. The standard InChI is InChI=1S/C19H23ClN2O3S/c1-19(2,3)16(23)11-26-18-21-15-9-12(20)6-7-14(15)17(24)22(18)10-13-5-4-8-25-13/h6-7,9,13H,4-5,8,10-11H2,1-3H3. The number of halogens is 1. The van der Waals surface area contributed by atoms with Crippen molar-refractivity contribution in [1.29, 1.82) is 0 Å². The van der Waals surface area contributed by atoms with Crippen LogP contribution in [0.1, 0.15) is 33.6 Å². The number of Topliss-reactive ketones (excluding diaryl/α,β-unsaturated/α-hetero) is 1. The van der Waals surface area contributed by atoms with Gasteiger partial charge in [-0.3, -0.25) is 14.2 Å². The van der Waals surface area contributed by atoms with Crippen LogP contribution >= 0.6 is 23.4 Å². The van der Waals surface area contributed by atoms with Gasteiger partial charge < -0.3 is 4.74 Å². The zero-order valence-electron chi connectivity index (χ0n) is 15.3. The van der Waals surface area contributed by atoms with E-state index in [2.05, 4.69) is 4.98 Å². The van der Waals surface area contributed by atoms with Crippen LogP contribution in [0.2, 0.25) is 5.02 Å². The molecule has 26 heavy (non-hydrogen) atoms. The number of aromatic nitrogens is 2. The van der Waals surface area contributed by atoms with E-state index in [1.165, 1.54) is 11.8 Å². The Labute approximate surface area is 162 Å². The van der Waals surface area contributed by atoms with Crippen molar-refractivity contribution in [3.05, 3.63) is 33.6 Å². The topological polar surface area (TPSA) is 61.2 Å². The lowest BCUT2D eigenvalue weighted by Crippen LogP contribution is -2.29. The minimum Gasteiger partial charge on any atom is -0.376 e. The van der Waals surface area contributed by atoms with E-state index in [0.717, 1.165) is 19.4 Å². The van der Waals surface area contributed by atoms with Crippen molar-refractivity contribution in [1.82, 2.24) is 9.55 Å². The van der Waals surface area contributed by atoms with E-state index >= 15 is 0 Å². The fraction of sp³-hybridized carbons (Fsp3) is 0.526. The predicted octanol–water partition coefficient (Wildman–Crippen LogP) is 3.94. The van der Waals surface area contributed by atoms with Crippen molar-refractivity contribution >= 4 is 40.0 Å². The second-order valence-corrected chi connectivity index (χ2v) is 8.95. The molecule has 2 heterocycles. The Kier molecular flexibility index (Phi) is 5.75. The Morgan fingerprint density at radius 2 is 2.19 bits per heavy atom. The normalized spacial score (nSPS) is 17.8. The van der Waals surface area contributed by atoms with Gasteiger partial charge in [-0.25, -0.2) is 4.98 Å². The van der Waals surface area contributed by atoms with Crippen LogP contribution in [0.3, 0.4) is 0 Å². The largest absolute Gasteiger partial charge is 0.376 e. The number of fused-ring (bicyclic) bond motifs is 1. The number of carbonyl (C=O) groups excluding carboxylic acids is 1. The van der Waals surface area contributed by atoms with Gasteiger partial charge in [0.15, 0.2) is 5.16 Å². The van der Waals surface area contributed by atoms with E-state index in [1.807, 2.05) is 20.8 Å². The van der Waals surface area contributed by atoms with E-state index in [9.17, 15) is 9.59 Å². The molecular formula is C19H23ClN2O3S. The van der Waals surface area contributed by atoms with Crippen molar-refractivity contribution in [2.75, 3.05) is 12.4 Å². The first-order valence-electron chi connectivity index (χ1n) is 8.73. The number of carbonyl (C=O) groups is 1. The Morgan fingerprint density at radius 3 is 2.85 bits per heavy atom. The summed E-state index contributed by atoms with van der Waals surface area (Å²) in [4.78, 5) is 30.0. The van der Waals surface area contributed by atoms with Crippen LogP contribution in [0, 0.1) is 5.41 Å². The van der Waals surface area contributed by atoms with Crippen molar-refractivity contribution in [3.8, 4) is 0 Å². The Bertz CT molecular complexity index is 883. The zero-order valence-corrected chi connectivity index (χ0v) is 16.8. The van der Waals surface area contributed by atoms with Gasteiger partial charge in [0, 0.05) is 17.0 Å². The van der Waals surface area contributed by atoms with Crippen LogP contribution < -0.4 is 5.56 Å². The summed E-state index contributed by atoms with van der Waals surface area (Å²) in [5.74, 6) is 0.389. The Balaban J connectivity index is 1.99. The molecule has 1 aliphatic rings. The fourth-order valence-electron chi connectivity index (χ4n) is 2.78. The second-order valence-electron chi connectivity index (χ2n) is 7.57. The van der Waals surface area contributed by atoms with Crippen LogP contribution in [0.5, 0.6) is 0 Å². The first kappa shape index (κ1) is 19.4. The number of hydrogen-bond acceptors (Lipinski definition) is 5. The van der Waals surface area contributed by atoms with Crippen LogP contribution in [-0.2, 0) is 16.1 Å². The number of nitrogens with zero attached hydrogens (tertiary/aromatic N) is 2. The van der Waals surface area contributed by atoms with Gasteiger partial charge in [0.2, 0.25) is 0 Å².